The zero-order valence-electron chi connectivity index (χ0n) is 14.9. The summed E-state index contributed by atoms with van der Waals surface area (Å²) in [6, 6.07) is 3.81. The highest BCUT2D eigenvalue weighted by atomic mass is 32.1. The zero-order valence-corrected chi connectivity index (χ0v) is 15.7. The lowest BCUT2D eigenvalue weighted by molar-refractivity contribution is 0.0711. The molecule has 134 valence electrons. The van der Waals surface area contributed by atoms with E-state index in [1.165, 1.54) is 11.3 Å². The predicted molar refractivity (Wildman–Crippen MR) is 101 cm³/mol. The number of aromatic nitrogens is 4. The molecule has 1 saturated heterocycles. The van der Waals surface area contributed by atoms with Gasteiger partial charge < -0.3 is 9.47 Å². The summed E-state index contributed by atoms with van der Waals surface area (Å²) in [5.41, 5.74) is 2.79. The summed E-state index contributed by atoms with van der Waals surface area (Å²) >= 11 is 1.50. The quantitative estimate of drug-likeness (QED) is 0.713. The highest BCUT2D eigenvalue weighted by Gasteiger charge is 2.29. The Labute approximate surface area is 156 Å². The molecule has 0 aromatic carbocycles. The van der Waals surface area contributed by atoms with Crippen molar-refractivity contribution in [2.75, 3.05) is 13.1 Å². The van der Waals surface area contributed by atoms with E-state index in [1.807, 2.05) is 47.1 Å². The van der Waals surface area contributed by atoms with Gasteiger partial charge in [-0.25, -0.2) is 4.98 Å². The summed E-state index contributed by atoms with van der Waals surface area (Å²) < 4.78 is 2.03. The van der Waals surface area contributed by atoms with Crippen LogP contribution in [0.4, 0.5) is 0 Å². The van der Waals surface area contributed by atoms with E-state index in [9.17, 15) is 4.79 Å². The van der Waals surface area contributed by atoms with E-state index in [4.69, 9.17) is 0 Å². The number of piperidine rings is 1. The summed E-state index contributed by atoms with van der Waals surface area (Å²) in [5.74, 6) is 1.24. The van der Waals surface area contributed by atoms with Crippen molar-refractivity contribution in [3.05, 3.63) is 52.5 Å². The fourth-order valence-corrected chi connectivity index (χ4v) is 4.20. The predicted octanol–water partition coefficient (Wildman–Crippen LogP) is 3.27. The first-order valence-electron chi connectivity index (χ1n) is 8.77. The Balaban J connectivity index is 1.64. The maximum Gasteiger partial charge on any atom is 0.263 e. The number of nitrogens with zero attached hydrogens (tertiary/aromatic N) is 5. The highest BCUT2D eigenvalue weighted by molar-refractivity contribution is 7.12. The first-order chi connectivity index (χ1) is 12.6. The molecule has 1 amide bonds. The first-order valence-corrected chi connectivity index (χ1v) is 9.65. The molecule has 3 aromatic rings. The van der Waals surface area contributed by atoms with Crippen molar-refractivity contribution in [1.82, 2.24) is 24.4 Å². The van der Waals surface area contributed by atoms with Gasteiger partial charge in [0.15, 0.2) is 0 Å². The minimum atomic E-state index is 0.117. The SMILES string of the molecule is Cc1ncc(-c2nccnc2[C@H]2CCCN(C(=O)c3cccs3)C2)n1C. The average molecular weight is 367 g/mol. The average Bonchev–Trinajstić information content (AvgIpc) is 3.32. The summed E-state index contributed by atoms with van der Waals surface area (Å²) in [4.78, 5) is 29.1. The van der Waals surface area contributed by atoms with E-state index in [1.54, 1.807) is 12.4 Å². The molecule has 7 heteroatoms. The van der Waals surface area contributed by atoms with Gasteiger partial charge in [0.1, 0.15) is 11.5 Å². The van der Waals surface area contributed by atoms with Gasteiger partial charge in [-0.05, 0) is 31.2 Å². The lowest BCUT2D eigenvalue weighted by Crippen LogP contribution is -2.39. The molecule has 0 aliphatic carbocycles. The van der Waals surface area contributed by atoms with Crippen molar-refractivity contribution >= 4 is 17.2 Å². The van der Waals surface area contributed by atoms with Gasteiger partial charge in [-0.1, -0.05) is 6.07 Å². The van der Waals surface area contributed by atoms with Crippen LogP contribution in [0.1, 0.15) is 39.9 Å². The van der Waals surface area contributed by atoms with Crippen molar-refractivity contribution < 1.29 is 4.79 Å². The van der Waals surface area contributed by atoms with Crippen molar-refractivity contribution in [2.24, 2.45) is 7.05 Å². The molecule has 0 bridgehead atoms. The summed E-state index contributed by atoms with van der Waals surface area (Å²) in [6.45, 7) is 3.45. The van der Waals surface area contributed by atoms with Gasteiger partial charge >= 0.3 is 0 Å². The van der Waals surface area contributed by atoms with E-state index < -0.39 is 0 Å². The molecule has 1 aliphatic rings. The fraction of sp³-hybridized carbons (Fsp3) is 0.368. The normalized spacial score (nSPS) is 17.5. The Kier molecular flexibility index (Phi) is 4.55. The van der Waals surface area contributed by atoms with Crippen LogP contribution in [0.3, 0.4) is 0 Å². The third-order valence-corrected chi connectivity index (χ3v) is 5.87. The van der Waals surface area contributed by atoms with Crippen molar-refractivity contribution in [1.29, 1.82) is 0 Å². The molecule has 4 heterocycles. The molecule has 1 aliphatic heterocycles. The van der Waals surface area contributed by atoms with Crippen LogP contribution in [0.5, 0.6) is 0 Å². The maximum atomic E-state index is 12.7. The molecule has 0 spiro atoms. The van der Waals surface area contributed by atoms with Crippen LogP contribution in [0, 0.1) is 6.92 Å². The molecule has 3 aromatic heterocycles. The molecule has 0 saturated carbocycles. The summed E-state index contributed by atoms with van der Waals surface area (Å²) in [6.07, 6.45) is 7.29. The van der Waals surface area contributed by atoms with Gasteiger partial charge in [0, 0.05) is 38.4 Å². The monoisotopic (exact) mass is 367 g/mol. The topological polar surface area (TPSA) is 63.9 Å². The number of carbonyl (C=O) groups is 1. The van der Waals surface area contributed by atoms with Gasteiger partial charge in [0.25, 0.3) is 5.91 Å². The fourth-order valence-electron chi connectivity index (χ4n) is 3.51. The van der Waals surface area contributed by atoms with E-state index in [-0.39, 0.29) is 11.8 Å². The second-order valence-corrected chi connectivity index (χ2v) is 7.56. The second kappa shape index (κ2) is 6.99. The third kappa shape index (κ3) is 3.03. The summed E-state index contributed by atoms with van der Waals surface area (Å²) in [5, 5.41) is 1.94. The van der Waals surface area contributed by atoms with Gasteiger partial charge in [-0.2, -0.15) is 0 Å². The molecule has 1 fully saturated rings. The molecule has 0 radical (unpaired) electrons. The Hall–Kier alpha value is -2.54. The van der Waals surface area contributed by atoms with Crippen LogP contribution < -0.4 is 0 Å². The number of thiophene rings is 1. The molecule has 26 heavy (non-hydrogen) atoms. The number of imidazole rings is 1. The van der Waals surface area contributed by atoms with Gasteiger partial charge in [-0.3, -0.25) is 14.8 Å². The van der Waals surface area contributed by atoms with Crippen molar-refractivity contribution in [2.45, 2.75) is 25.7 Å². The lowest BCUT2D eigenvalue weighted by Gasteiger charge is -2.32. The number of likely N-dealkylation sites (tertiary alicyclic amines) is 1. The lowest BCUT2D eigenvalue weighted by atomic mass is 9.92. The van der Waals surface area contributed by atoms with Crippen LogP contribution >= 0.6 is 11.3 Å². The molecule has 1 atom stereocenters. The summed E-state index contributed by atoms with van der Waals surface area (Å²) in [7, 11) is 1.99. The zero-order chi connectivity index (χ0) is 18.1. The maximum absolute atomic E-state index is 12.7. The molecule has 0 unspecified atom stereocenters. The number of amides is 1. The number of aryl methyl sites for hydroxylation is 1. The van der Waals surface area contributed by atoms with Crippen LogP contribution in [0.25, 0.3) is 11.4 Å². The Morgan fingerprint density at radius 1 is 1.27 bits per heavy atom. The van der Waals surface area contributed by atoms with Crippen molar-refractivity contribution in [3.8, 4) is 11.4 Å². The molecule has 4 rings (SSSR count). The van der Waals surface area contributed by atoms with Gasteiger partial charge in [0.2, 0.25) is 0 Å². The molecule has 0 N–H and O–H groups in total. The van der Waals surface area contributed by atoms with Crippen LogP contribution in [0.2, 0.25) is 0 Å². The number of hydrogen-bond donors (Lipinski definition) is 0. The molecular weight excluding hydrogens is 346 g/mol. The first kappa shape index (κ1) is 16.9. The highest BCUT2D eigenvalue weighted by Crippen LogP contribution is 2.32. The smallest absolute Gasteiger partial charge is 0.263 e. The Bertz CT molecular complexity index is 918. The van der Waals surface area contributed by atoms with E-state index in [2.05, 4.69) is 15.0 Å². The minimum Gasteiger partial charge on any atom is -0.337 e. The van der Waals surface area contributed by atoms with Crippen molar-refractivity contribution in [3.63, 3.8) is 0 Å². The van der Waals surface area contributed by atoms with E-state index >= 15 is 0 Å². The third-order valence-electron chi connectivity index (χ3n) is 5.02. The van der Waals surface area contributed by atoms with Crippen LogP contribution in [-0.4, -0.2) is 43.4 Å². The number of hydrogen-bond acceptors (Lipinski definition) is 5. The number of rotatable bonds is 3. The van der Waals surface area contributed by atoms with E-state index in [0.29, 0.717) is 6.54 Å². The molecular formula is C19H21N5OS. The standard InChI is InChI=1S/C19H21N5OS/c1-13-22-11-15(23(13)2)18-17(20-7-8-21-18)14-5-3-9-24(12-14)19(25)16-6-4-10-26-16/h4,6-8,10-11,14H,3,5,9,12H2,1-2H3/t14-/m0/s1. The Morgan fingerprint density at radius 3 is 2.85 bits per heavy atom. The van der Waals surface area contributed by atoms with Crippen LogP contribution in [-0.2, 0) is 7.05 Å². The van der Waals surface area contributed by atoms with Gasteiger partial charge in [0.05, 0.1) is 22.5 Å². The van der Waals surface area contributed by atoms with E-state index in [0.717, 1.165) is 47.2 Å². The van der Waals surface area contributed by atoms with Gasteiger partial charge in [-0.15, -0.1) is 11.3 Å². The molecule has 6 nitrogen and oxygen atoms in total. The second-order valence-electron chi connectivity index (χ2n) is 6.61. The largest absolute Gasteiger partial charge is 0.337 e. The Morgan fingerprint density at radius 2 is 2.12 bits per heavy atom. The number of carbonyl (C=O) groups excluding carboxylic acids is 1. The van der Waals surface area contributed by atoms with Crippen LogP contribution in [0.15, 0.2) is 36.1 Å². The minimum absolute atomic E-state index is 0.117.